The first-order valence-electron chi connectivity index (χ1n) is 12.1. The Kier molecular flexibility index (Phi) is 5.45. The van der Waals surface area contributed by atoms with Crippen LogP contribution in [0.4, 0.5) is 8.78 Å². The Bertz CT molecular complexity index is 1990. The van der Waals surface area contributed by atoms with E-state index in [4.69, 9.17) is 4.98 Å². The maximum Gasteiger partial charge on any atom is 0.328 e. The fourth-order valence-electron chi connectivity index (χ4n) is 4.98. The van der Waals surface area contributed by atoms with E-state index in [1.807, 2.05) is 40.4 Å². The number of hydrogen-bond acceptors (Lipinski definition) is 4. The number of hydrogen-bond donors (Lipinski definition) is 1. The molecule has 0 aliphatic rings. The van der Waals surface area contributed by atoms with Gasteiger partial charge in [0.05, 0.1) is 34.6 Å². The minimum absolute atomic E-state index is 0.129. The molecule has 3 heterocycles. The summed E-state index contributed by atoms with van der Waals surface area (Å²) in [5, 5.41) is 2.25. The third-order valence-electron chi connectivity index (χ3n) is 7.04. The van der Waals surface area contributed by atoms with Crippen molar-refractivity contribution in [2.75, 3.05) is 7.05 Å². The molecule has 0 unspecified atom stereocenters. The van der Waals surface area contributed by atoms with Gasteiger partial charge in [-0.05, 0) is 53.6 Å². The average molecular weight is 528 g/mol. The predicted molar refractivity (Wildman–Crippen MR) is 144 cm³/mol. The predicted octanol–water partition coefficient (Wildman–Crippen LogP) is 3.92. The molecule has 1 amide bonds. The van der Waals surface area contributed by atoms with Gasteiger partial charge in [0.25, 0.3) is 5.91 Å². The van der Waals surface area contributed by atoms with E-state index in [0.717, 1.165) is 40.1 Å². The summed E-state index contributed by atoms with van der Waals surface area (Å²) in [7, 11) is 6.63. The molecule has 39 heavy (non-hydrogen) atoms. The molecule has 3 aromatic carbocycles. The van der Waals surface area contributed by atoms with Gasteiger partial charge in [-0.1, -0.05) is 6.07 Å². The number of fused-ring (bicyclic) bond motifs is 2. The lowest BCUT2D eigenvalue weighted by Crippen LogP contribution is -2.21. The van der Waals surface area contributed by atoms with Crippen LogP contribution in [0.1, 0.15) is 10.4 Å². The van der Waals surface area contributed by atoms with Crippen molar-refractivity contribution in [2.45, 2.75) is 0 Å². The number of carbonyl (C=O) groups is 1. The van der Waals surface area contributed by atoms with Crippen LogP contribution in [0.15, 0.2) is 65.8 Å². The maximum atomic E-state index is 14.7. The molecule has 0 spiro atoms. The molecule has 9 nitrogen and oxygen atoms in total. The van der Waals surface area contributed by atoms with Crippen LogP contribution in [0.3, 0.4) is 0 Å². The number of nitrogens with one attached hydrogen (secondary N) is 1. The molecule has 0 saturated carbocycles. The molecule has 0 aliphatic carbocycles. The van der Waals surface area contributed by atoms with E-state index in [2.05, 4.69) is 10.3 Å². The molecule has 11 heteroatoms. The first kappa shape index (κ1) is 24.3. The molecule has 3 aromatic heterocycles. The fourth-order valence-corrected chi connectivity index (χ4v) is 4.98. The van der Waals surface area contributed by atoms with Crippen LogP contribution in [-0.2, 0) is 21.1 Å². The molecule has 6 rings (SSSR count). The normalized spacial score (nSPS) is 11.5. The molecule has 0 bridgehead atoms. The van der Waals surface area contributed by atoms with Crippen molar-refractivity contribution in [1.29, 1.82) is 0 Å². The zero-order valence-corrected chi connectivity index (χ0v) is 21.5. The van der Waals surface area contributed by atoms with Gasteiger partial charge in [0, 0.05) is 33.9 Å². The summed E-state index contributed by atoms with van der Waals surface area (Å²) in [6.45, 7) is 0. The second-order valence-corrected chi connectivity index (χ2v) is 9.33. The van der Waals surface area contributed by atoms with E-state index in [9.17, 15) is 18.4 Å². The summed E-state index contributed by atoms with van der Waals surface area (Å²) < 4.78 is 36.4. The highest BCUT2D eigenvalue weighted by Crippen LogP contribution is 2.33. The van der Waals surface area contributed by atoms with Gasteiger partial charge < -0.3 is 9.88 Å². The van der Waals surface area contributed by atoms with E-state index in [0.29, 0.717) is 16.9 Å². The van der Waals surface area contributed by atoms with Gasteiger partial charge in [-0.3, -0.25) is 18.5 Å². The molecular formula is C28H23F2N7O2. The Morgan fingerprint density at radius 1 is 0.872 bits per heavy atom. The second-order valence-electron chi connectivity index (χ2n) is 9.33. The quantitative estimate of drug-likeness (QED) is 0.376. The minimum atomic E-state index is -0.952. The van der Waals surface area contributed by atoms with Gasteiger partial charge in [0.1, 0.15) is 22.9 Å². The summed E-state index contributed by atoms with van der Waals surface area (Å²) in [4.78, 5) is 33.5. The van der Waals surface area contributed by atoms with Gasteiger partial charge in [0.2, 0.25) is 0 Å². The van der Waals surface area contributed by atoms with E-state index >= 15 is 0 Å². The lowest BCUT2D eigenvalue weighted by molar-refractivity contribution is 0.0954. The molecule has 6 aromatic rings. The smallest absolute Gasteiger partial charge is 0.328 e. The largest absolute Gasteiger partial charge is 0.355 e. The molecular weight excluding hydrogens is 504 g/mol. The van der Waals surface area contributed by atoms with Crippen molar-refractivity contribution >= 4 is 28.0 Å². The summed E-state index contributed by atoms with van der Waals surface area (Å²) in [5.41, 5.74) is 4.47. The third-order valence-corrected chi connectivity index (χ3v) is 7.04. The Hall–Kier alpha value is -5.06. The SMILES string of the molecule is CNC(=O)c1c(F)cc(-c2ccc3c(c2)nc(-c2cncn2C)n3-c2ccc3c(c2)n(C)c(=O)n3C)cc1F. The summed E-state index contributed by atoms with van der Waals surface area (Å²) in [6, 6.07) is 13.3. The Balaban J connectivity index is 1.57. The van der Waals surface area contributed by atoms with Crippen LogP contribution in [-0.4, -0.2) is 41.2 Å². The van der Waals surface area contributed by atoms with E-state index < -0.39 is 23.1 Å². The maximum absolute atomic E-state index is 14.7. The van der Waals surface area contributed by atoms with Gasteiger partial charge >= 0.3 is 5.69 Å². The van der Waals surface area contributed by atoms with Crippen LogP contribution in [0.2, 0.25) is 0 Å². The minimum Gasteiger partial charge on any atom is -0.355 e. The Morgan fingerprint density at radius 2 is 1.56 bits per heavy atom. The second kappa shape index (κ2) is 8.76. The van der Waals surface area contributed by atoms with Crippen molar-refractivity contribution in [1.82, 2.24) is 33.6 Å². The number of aryl methyl sites for hydroxylation is 3. The van der Waals surface area contributed by atoms with E-state index in [1.54, 1.807) is 47.9 Å². The van der Waals surface area contributed by atoms with Gasteiger partial charge in [-0.2, -0.15) is 0 Å². The van der Waals surface area contributed by atoms with Crippen LogP contribution in [0.25, 0.3) is 50.4 Å². The van der Waals surface area contributed by atoms with Crippen LogP contribution >= 0.6 is 0 Å². The van der Waals surface area contributed by atoms with E-state index in [1.165, 1.54) is 7.05 Å². The fraction of sp³-hybridized carbons (Fsp3) is 0.143. The van der Waals surface area contributed by atoms with Crippen LogP contribution in [0.5, 0.6) is 0 Å². The summed E-state index contributed by atoms with van der Waals surface area (Å²) >= 11 is 0. The number of halogens is 2. The average Bonchev–Trinajstić information content (AvgIpc) is 3.58. The van der Waals surface area contributed by atoms with E-state index in [-0.39, 0.29) is 11.3 Å². The molecule has 0 saturated heterocycles. The molecule has 0 fully saturated rings. The number of carbonyl (C=O) groups excluding carboxylic acids is 1. The number of rotatable bonds is 4. The highest BCUT2D eigenvalue weighted by molar-refractivity contribution is 5.95. The van der Waals surface area contributed by atoms with Crippen LogP contribution < -0.4 is 11.0 Å². The van der Waals surface area contributed by atoms with Gasteiger partial charge in [-0.15, -0.1) is 0 Å². The monoisotopic (exact) mass is 527 g/mol. The number of benzene rings is 3. The van der Waals surface area contributed by atoms with Crippen molar-refractivity contribution in [2.24, 2.45) is 21.1 Å². The standard InChI is InChI=1S/C28H23F2N7O2/c1-31-27(38)25-18(29)9-16(10-19(25)30)15-5-7-21-20(11-15)33-26(24-13-32-14-34(24)2)37(21)17-6-8-22-23(12-17)36(4)28(39)35(22)3/h5-14H,1-4H3,(H,31,38). The number of amides is 1. The molecule has 1 N–H and O–H groups in total. The third kappa shape index (κ3) is 3.65. The van der Waals surface area contributed by atoms with Crippen molar-refractivity contribution in [3.63, 3.8) is 0 Å². The van der Waals surface area contributed by atoms with Gasteiger partial charge in [0.15, 0.2) is 5.82 Å². The zero-order chi connectivity index (χ0) is 27.6. The zero-order valence-electron chi connectivity index (χ0n) is 21.5. The number of aromatic nitrogens is 6. The highest BCUT2D eigenvalue weighted by atomic mass is 19.1. The molecule has 0 atom stereocenters. The van der Waals surface area contributed by atoms with Crippen molar-refractivity contribution in [3.8, 4) is 28.3 Å². The molecule has 196 valence electrons. The Morgan fingerprint density at radius 3 is 2.23 bits per heavy atom. The lowest BCUT2D eigenvalue weighted by atomic mass is 10.0. The number of nitrogens with zero attached hydrogens (tertiary/aromatic N) is 6. The lowest BCUT2D eigenvalue weighted by Gasteiger charge is -2.11. The first-order valence-corrected chi connectivity index (χ1v) is 12.1. The summed E-state index contributed by atoms with van der Waals surface area (Å²) in [6.07, 6.45) is 3.38. The van der Waals surface area contributed by atoms with Crippen molar-refractivity contribution < 1.29 is 13.6 Å². The van der Waals surface area contributed by atoms with Crippen molar-refractivity contribution in [3.05, 3.63) is 88.7 Å². The topological polar surface area (TPSA) is 91.7 Å². The number of imidazole rings is 3. The Labute approximate surface area is 220 Å². The highest BCUT2D eigenvalue weighted by Gasteiger charge is 2.21. The van der Waals surface area contributed by atoms with Gasteiger partial charge in [-0.25, -0.2) is 23.5 Å². The molecule has 0 aliphatic heterocycles. The summed E-state index contributed by atoms with van der Waals surface area (Å²) in [5.74, 6) is -2.13. The first-order chi connectivity index (χ1) is 18.7. The van der Waals surface area contributed by atoms with Crippen LogP contribution in [0, 0.1) is 11.6 Å². The molecule has 0 radical (unpaired) electrons.